The van der Waals surface area contributed by atoms with Gasteiger partial charge in [-0.15, -0.1) is 6.58 Å². The Kier molecular flexibility index (Phi) is 10.2. The Morgan fingerprint density at radius 2 is 1.91 bits per heavy atom. The second-order valence-corrected chi connectivity index (χ2v) is 4.73. The summed E-state index contributed by atoms with van der Waals surface area (Å²) in [4.78, 5) is 9.91. The molecule has 64 valence electrons. The molecule has 0 spiro atoms. The lowest BCUT2D eigenvalue weighted by Gasteiger charge is -1.95. The van der Waals surface area contributed by atoms with Gasteiger partial charge in [0.15, 0.2) is 0 Å². The summed E-state index contributed by atoms with van der Waals surface area (Å²) in [6.45, 7) is 3.64. The molecule has 0 saturated carbocycles. The summed E-state index contributed by atoms with van der Waals surface area (Å²) in [5.74, 6) is 2.22. The Bertz CT molecular complexity index is 92.3. The van der Waals surface area contributed by atoms with Crippen molar-refractivity contribution in [1.29, 1.82) is 0 Å². The van der Waals surface area contributed by atoms with Crippen LogP contribution in [0.15, 0.2) is 12.7 Å². The quantitative estimate of drug-likeness (QED) is 0.253. The molecule has 0 radical (unpaired) electrons. The molecular weight excluding hydrogens is 176 g/mol. The number of hydrogen-bond donors (Lipinski definition) is 0. The smallest absolute Gasteiger partial charge is 0.120 e. The molecule has 3 heteroatoms. The number of aldehydes is 1. The topological polar surface area (TPSA) is 17.1 Å². The average molecular weight is 190 g/mol. The van der Waals surface area contributed by atoms with E-state index in [4.69, 9.17) is 0 Å². The first-order valence-corrected chi connectivity index (χ1v) is 6.19. The van der Waals surface area contributed by atoms with Crippen molar-refractivity contribution in [2.75, 3.05) is 11.5 Å². The first-order valence-electron chi connectivity index (χ1n) is 3.70. The van der Waals surface area contributed by atoms with Gasteiger partial charge < -0.3 is 4.79 Å². The standard InChI is InChI=1S/C8H14OS2/c1-2-3-7-10-11-8-5-4-6-9/h2,6H,1,3-5,7-8H2. The zero-order valence-corrected chi connectivity index (χ0v) is 8.26. The lowest BCUT2D eigenvalue weighted by Crippen LogP contribution is -1.79. The van der Waals surface area contributed by atoms with E-state index >= 15 is 0 Å². The molecule has 0 aromatic rings. The molecule has 0 N–H and O–H groups in total. The van der Waals surface area contributed by atoms with E-state index in [1.807, 2.05) is 27.7 Å². The lowest BCUT2D eigenvalue weighted by atomic mass is 10.4. The molecule has 0 rings (SSSR count). The highest BCUT2D eigenvalue weighted by molar-refractivity contribution is 8.76. The Morgan fingerprint density at radius 1 is 1.18 bits per heavy atom. The largest absolute Gasteiger partial charge is 0.303 e. The van der Waals surface area contributed by atoms with Gasteiger partial charge in [0.2, 0.25) is 0 Å². The predicted octanol–water partition coefficient (Wildman–Crippen LogP) is 2.92. The van der Waals surface area contributed by atoms with Gasteiger partial charge in [0.1, 0.15) is 6.29 Å². The van der Waals surface area contributed by atoms with Gasteiger partial charge in [0.25, 0.3) is 0 Å². The molecule has 0 saturated heterocycles. The van der Waals surface area contributed by atoms with Crippen molar-refractivity contribution in [3.8, 4) is 0 Å². The van der Waals surface area contributed by atoms with Crippen molar-refractivity contribution >= 4 is 27.9 Å². The number of allylic oxidation sites excluding steroid dienone is 1. The SMILES string of the molecule is C=CCCSSCCCC=O. The Hall–Kier alpha value is 0.110. The molecule has 1 nitrogen and oxygen atoms in total. The maximum absolute atomic E-state index is 9.91. The molecule has 0 amide bonds. The van der Waals surface area contributed by atoms with Crippen LogP contribution in [0.25, 0.3) is 0 Å². The van der Waals surface area contributed by atoms with Crippen LogP contribution in [0.4, 0.5) is 0 Å². The summed E-state index contributed by atoms with van der Waals surface area (Å²) < 4.78 is 0. The fraction of sp³-hybridized carbons (Fsp3) is 0.625. The molecule has 0 atom stereocenters. The molecule has 0 fully saturated rings. The molecule has 0 aromatic carbocycles. The molecule has 0 bridgehead atoms. The Labute approximate surface area is 76.4 Å². The minimum absolute atomic E-state index is 0.703. The van der Waals surface area contributed by atoms with Gasteiger partial charge >= 0.3 is 0 Å². The fourth-order valence-corrected chi connectivity index (χ4v) is 2.61. The van der Waals surface area contributed by atoms with E-state index in [2.05, 4.69) is 6.58 Å². The van der Waals surface area contributed by atoms with Crippen LogP contribution in [0.5, 0.6) is 0 Å². The van der Waals surface area contributed by atoms with Gasteiger partial charge in [-0.05, 0) is 12.8 Å². The van der Waals surface area contributed by atoms with Crippen molar-refractivity contribution in [1.82, 2.24) is 0 Å². The second-order valence-electron chi connectivity index (χ2n) is 2.03. The van der Waals surface area contributed by atoms with Crippen LogP contribution in [0.1, 0.15) is 19.3 Å². The van der Waals surface area contributed by atoms with E-state index in [0.29, 0.717) is 6.42 Å². The summed E-state index contributed by atoms with van der Waals surface area (Å²) in [6.07, 6.45) is 5.70. The Balaban J connectivity index is 2.79. The van der Waals surface area contributed by atoms with Gasteiger partial charge in [0, 0.05) is 17.9 Å². The third-order valence-corrected chi connectivity index (χ3v) is 3.56. The second kappa shape index (κ2) is 10.1. The molecule has 0 aliphatic heterocycles. The predicted molar refractivity (Wildman–Crippen MR) is 55.0 cm³/mol. The maximum atomic E-state index is 9.91. The molecule has 11 heavy (non-hydrogen) atoms. The third-order valence-electron chi connectivity index (χ3n) is 1.04. The monoisotopic (exact) mass is 190 g/mol. The van der Waals surface area contributed by atoms with Gasteiger partial charge in [-0.2, -0.15) is 0 Å². The van der Waals surface area contributed by atoms with E-state index in [0.717, 1.165) is 30.6 Å². The van der Waals surface area contributed by atoms with Gasteiger partial charge in [-0.25, -0.2) is 0 Å². The fourth-order valence-electron chi connectivity index (χ4n) is 0.475. The lowest BCUT2D eigenvalue weighted by molar-refractivity contribution is -0.107. The highest BCUT2D eigenvalue weighted by Crippen LogP contribution is 2.22. The van der Waals surface area contributed by atoms with E-state index in [-0.39, 0.29) is 0 Å². The van der Waals surface area contributed by atoms with Crippen LogP contribution in [0.3, 0.4) is 0 Å². The number of unbranched alkanes of at least 4 members (excludes halogenated alkanes) is 1. The zero-order valence-electron chi connectivity index (χ0n) is 6.62. The number of carbonyl (C=O) groups is 1. The van der Waals surface area contributed by atoms with Crippen LogP contribution in [0.2, 0.25) is 0 Å². The van der Waals surface area contributed by atoms with Crippen LogP contribution in [0, 0.1) is 0 Å². The summed E-state index contributed by atoms with van der Waals surface area (Å²) in [7, 11) is 3.70. The first kappa shape index (κ1) is 11.1. The van der Waals surface area contributed by atoms with Gasteiger partial charge in [-0.3, -0.25) is 0 Å². The highest BCUT2D eigenvalue weighted by Gasteiger charge is 1.88. The summed E-state index contributed by atoms with van der Waals surface area (Å²) in [5, 5.41) is 0. The minimum atomic E-state index is 0.703. The maximum Gasteiger partial charge on any atom is 0.120 e. The third kappa shape index (κ3) is 10.1. The highest BCUT2D eigenvalue weighted by atomic mass is 33.1. The van der Waals surface area contributed by atoms with Crippen molar-refractivity contribution in [2.24, 2.45) is 0 Å². The van der Waals surface area contributed by atoms with E-state index in [9.17, 15) is 4.79 Å². The van der Waals surface area contributed by atoms with E-state index in [1.165, 1.54) is 0 Å². The van der Waals surface area contributed by atoms with Crippen molar-refractivity contribution in [3.05, 3.63) is 12.7 Å². The van der Waals surface area contributed by atoms with E-state index in [1.54, 1.807) is 0 Å². The molecule has 0 aromatic heterocycles. The van der Waals surface area contributed by atoms with Gasteiger partial charge in [-0.1, -0.05) is 27.7 Å². The molecular formula is C8H14OS2. The Morgan fingerprint density at radius 3 is 2.55 bits per heavy atom. The summed E-state index contributed by atoms with van der Waals surface area (Å²) in [5.41, 5.74) is 0. The van der Waals surface area contributed by atoms with Crippen LogP contribution < -0.4 is 0 Å². The normalized spacial score (nSPS) is 9.45. The van der Waals surface area contributed by atoms with Crippen LogP contribution >= 0.6 is 21.6 Å². The minimum Gasteiger partial charge on any atom is -0.303 e. The number of rotatable bonds is 8. The van der Waals surface area contributed by atoms with E-state index < -0.39 is 0 Å². The first-order chi connectivity index (χ1) is 5.41. The van der Waals surface area contributed by atoms with Crippen molar-refractivity contribution < 1.29 is 4.79 Å². The average Bonchev–Trinajstić information content (AvgIpc) is 2.03. The molecule has 0 unspecified atom stereocenters. The number of carbonyl (C=O) groups excluding carboxylic acids is 1. The zero-order chi connectivity index (χ0) is 8.36. The number of hydrogen-bond acceptors (Lipinski definition) is 3. The van der Waals surface area contributed by atoms with Crippen molar-refractivity contribution in [3.63, 3.8) is 0 Å². The molecule has 0 aliphatic carbocycles. The summed E-state index contributed by atoms with van der Waals surface area (Å²) >= 11 is 0. The molecule has 0 heterocycles. The van der Waals surface area contributed by atoms with Crippen molar-refractivity contribution in [2.45, 2.75) is 19.3 Å². The van der Waals surface area contributed by atoms with Crippen LogP contribution in [-0.2, 0) is 4.79 Å². The van der Waals surface area contributed by atoms with Crippen LogP contribution in [-0.4, -0.2) is 17.8 Å². The van der Waals surface area contributed by atoms with Gasteiger partial charge in [0.05, 0.1) is 0 Å². The summed E-state index contributed by atoms with van der Waals surface area (Å²) in [6, 6.07) is 0. The molecule has 0 aliphatic rings.